The molecule has 6 heteroatoms. The van der Waals surface area contributed by atoms with Gasteiger partial charge in [-0.1, -0.05) is 72.8 Å². The Labute approximate surface area is 241 Å². The fourth-order valence-electron chi connectivity index (χ4n) is 5.66. The summed E-state index contributed by atoms with van der Waals surface area (Å²) >= 11 is 0. The first-order valence-corrected chi connectivity index (χ1v) is 14.1. The van der Waals surface area contributed by atoms with Gasteiger partial charge in [0.25, 0.3) is 0 Å². The van der Waals surface area contributed by atoms with E-state index in [1.54, 1.807) is 6.92 Å². The largest absolute Gasteiger partial charge is 0.489 e. The van der Waals surface area contributed by atoms with Crippen molar-refractivity contribution in [3.05, 3.63) is 130 Å². The zero-order valence-corrected chi connectivity index (χ0v) is 23.5. The third-order valence-electron chi connectivity index (χ3n) is 8.04. The molecule has 6 nitrogen and oxygen atoms in total. The Morgan fingerprint density at radius 1 is 0.683 bits per heavy atom. The van der Waals surface area contributed by atoms with E-state index in [1.807, 2.05) is 77.7 Å². The number of hydrogen-bond acceptors (Lipinski definition) is 5. The van der Waals surface area contributed by atoms with Crippen LogP contribution in [-0.4, -0.2) is 34.1 Å². The number of amides is 1. The maximum atomic E-state index is 12.1. The number of likely N-dealkylation sites (tertiary alicyclic amines) is 1. The Morgan fingerprint density at radius 2 is 1.10 bits per heavy atom. The lowest BCUT2D eigenvalue weighted by molar-refractivity contribution is -0.130. The Balaban J connectivity index is 1.32. The minimum Gasteiger partial charge on any atom is -0.489 e. The molecule has 1 aliphatic heterocycles. The summed E-state index contributed by atoms with van der Waals surface area (Å²) in [6, 6.07) is 32.1. The molecule has 1 aliphatic rings. The van der Waals surface area contributed by atoms with E-state index in [1.165, 1.54) is 11.1 Å². The normalized spacial score (nSPS) is 14.5. The van der Waals surface area contributed by atoms with E-state index in [9.17, 15) is 15.0 Å². The molecule has 0 spiro atoms. The van der Waals surface area contributed by atoms with Crippen LogP contribution in [0.5, 0.6) is 11.5 Å². The van der Waals surface area contributed by atoms with Gasteiger partial charge in [0.05, 0.1) is 13.2 Å². The quantitative estimate of drug-likeness (QED) is 0.262. The molecule has 41 heavy (non-hydrogen) atoms. The molecule has 2 N–H and O–H groups in total. The number of benzene rings is 4. The maximum Gasteiger partial charge on any atom is 0.219 e. The van der Waals surface area contributed by atoms with Crippen molar-refractivity contribution in [1.82, 2.24) is 4.90 Å². The first-order chi connectivity index (χ1) is 20.0. The Hall–Kier alpha value is -4.13. The van der Waals surface area contributed by atoms with Gasteiger partial charge in [-0.15, -0.1) is 0 Å². The highest BCUT2D eigenvalue weighted by molar-refractivity contribution is 5.73. The molecule has 0 saturated carbocycles. The molecule has 1 amide bonds. The Bertz CT molecular complexity index is 1340. The summed E-state index contributed by atoms with van der Waals surface area (Å²) in [5.41, 5.74) is 5.93. The van der Waals surface area contributed by atoms with Crippen LogP contribution in [0.1, 0.15) is 53.1 Å². The summed E-state index contributed by atoms with van der Waals surface area (Å²) in [4.78, 5) is 14.0. The molecule has 1 fully saturated rings. The van der Waals surface area contributed by atoms with Gasteiger partial charge in [-0.3, -0.25) is 4.79 Å². The van der Waals surface area contributed by atoms with Crippen molar-refractivity contribution in [3.63, 3.8) is 0 Å². The van der Waals surface area contributed by atoms with Crippen molar-refractivity contribution < 1.29 is 24.5 Å². The number of aliphatic hydroxyl groups is 2. The maximum absolute atomic E-state index is 12.1. The van der Waals surface area contributed by atoms with Crippen molar-refractivity contribution in [2.24, 2.45) is 0 Å². The highest BCUT2D eigenvalue weighted by Gasteiger charge is 2.38. The monoisotopic (exact) mass is 551 g/mol. The molecule has 0 unspecified atom stereocenters. The van der Waals surface area contributed by atoms with Gasteiger partial charge in [0, 0.05) is 25.4 Å². The Kier molecular flexibility index (Phi) is 9.02. The van der Waals surface area contributed by atoms with Crippen LogP contribution in [0.15, 0.2) is 97.1 Å². The van der Waals surface area contributed by atoms with E-state index in [0.29, 0.717) is 26.3 Å². The molecule has 1 saturated heterocycles. The second-order valence-electron chi connectivity index (χ2n) is 10.7. The van der Waals surface area contributed by atoms with Crippen LogP contribution in [0, 0.1) is 0 Å². The van der Waals surface area contributed by atoms with Crippen LogP contribution < -0.4 is 9.47 Å². The molecular formula is C35H37NO5. The van der Waals surface area contributed by atoms with E-state index < -0.39 is 0 Å². The smallest absolute Gasteiger partial charge is 0.219 e. The van der Waals surface area contributed by atoms with E-state index in [-0.39, 0.29) is 24.5 Å². The summed E-state index contributed by atoms with van der Waals surface area (Å²) < 4.78 is 12.1. The Morgan fingerprint density at radius 3 is 1.49 bits per heavy atom. The van der Waals surface area contributed by atoms with Crippen LogP contribution in [0.3, 0.4) is 0 Å². The second-order valence-corrected chi connectivity index (χ2v) is 10.7. The minimum atomic E-state index is -0.228. The molecule has 212 valence electrons. The van der Waals surface area contributed by atoms with Crippen LogP contribution in [0.2, 0.25) is 0 Å². The van der Waals surface area contributed by atoms with Gasteiger partial charge >= 0.3 is 0 Å². The van der Waals surface area contributed by atoms with Crippen molar-refractivity contribution in [3.8, 4) is 11.5 Å². The standard InChI is InChI=1S/C35H37NO5/c1-26(39)36-18-16-35(17-19-36,31-8-12-33(13-9-31)40-24-29-6-2-4-27(20-29)22-37)32-10-14-34(15-11-32)41-25-30-7-3-5-28(21-30)23-38/h2-15,20-21,37-38H,16-19,22-25H2,1H3. The highest BCUT2D eigenvalue weighted by Crippen LogP contribution is 2.43. The van der Waals surface area contributed by atoms with Gasteiger partial charge in [0.2, 0.25) is 5.91 Å². The van der Waals surface area contributed by atoms with Crippen LogP contribution in [0.4, 0.5) is 0 Å². The third-order valence-corrected chi connectivity index (χ3v) is 8.04. The lowest BCUT2D eigenvalue weighted by Crippen LogP contribution is -2.45. The molecule has 0 bridgehead atoms. The van der Waals surface area contributed by atoms with Crippen LogP contribution >= 0.6 is 0 Å². The van der Waals surface area contributed by atoms with Gasteiger partial charge in [-0.25, -0.2) is 0 Å². The van der Waals surface area contributed by atoms with Crippen LogP contribution in [-0.2, 0) is 36.6 Å². The molecule has 5 rings (SSSR count). The summed E-state index contributed by atoms with van der Waals surface area (Å²) in [6.45, 7) is 3.92. The average Bonchev–Trinajstić information content (AvgIpc) is 3.03. The second kappa shape index (κ2) is 13.0. The molecule has 0 aliphatic carbocycles. The topological polar surface area (TPSA) is 79.2 Å². The average molecular weight is 552 g/mol. The number of carbonyl (C=O) groups is 1. The van der Waals surface area contributed by atoms with Crippen molar-refractivity contribution in [2.75, 3.05) is 13.1 Å². The number of rotatable bonds is 10. The molecule has 4 aromatic rings. The molecule has 1 heterocycles. The molecule has 0 atom stereocenters. The summed E-state index contributed by atoms with van der Waals surface area (Å²) in [6.07, 6.45) is 1.66. The van der Waals surface area contributed by atoms with E-state index in [0.717, 1.165) is 46.6 Å². The van der Waals surface area contributed by atoms with E-state index in [2.05, 4.69) is 24.3 Å². The third kappa shape index (κ3) is 6.79. The summed E-state index contributed by atoms with van der Waals surface area (Å²) in [7, 11) is 0. The summed E-state index contributed by atoms with van der Waals surface area (Å²) in [5, 5.41) is 18.8. The molecular weight excluding hydrogens is 514 g/mol. The number of piperidine rings is 1. The lowest BCUT2D eigenvalue weighted by atomic mass is 9.68. The molecule has 0 radical (unpaired) electrons. The number of aliphatic hydroxyl groups excluding tert-OH is 2. The zero-order chi connectivity index (χ0) is 28.7. The van der Waals surface area contributed by atoms with Crippen molar-refractivity contribution in [1.29, 1.82) is 0 Å². The first-order valence-electron chi connectivity index (χ1n) is 14.1. The van der Waals surface area contributed by atoms with Crippen LogP contribution in [0.25, 0.3) is 0 Å². The highest BCUT2D eigenvalue weighted by atomic mass is 16.5. The zero-order valence-electron chi connectivity index (χ0n) is 23.5. The molecule has 0 aromatic heterocycles. The SMILES string of the molecule is CC(=O)N1CCC(c2ccc(OCc3cccc(CO)c3)cc2)(c2ccc(OCc3cccc(CO)c3)cc2)CC1. The fourth-order valence-corrected chi connectivity index (χ4v) is 5.66. The van der Waals surface area contributed by atoms with Gasteiger partial charge in [0.1, 0.15) is 24.7 Å². The first kappa shape index (κ1) is 28.4. The fraction of sp³-hybridized carbons (Fsp3) is 0.286. The van der Waals surface area contributed by atoms with Gasteiger partial charge in [-0.2, -0.15) is 0 Å². The number of hydrogen-bond donors (Lipinski definition) is 2. The predicted molar refractivity (Wildman–Crippen MR) is 159 cm³/mol. The minimum absolute atomic E-state index is 0.0112. The van der Waals surface area contributed by atoms with Gasteiger partial charge < -0.3 is 24.6 Å². The predicted octanol–water partition coefficient (Wildman–Crippen LogP) is 5.76. The van der Waals surface area contributed by atoms with E-state index in [4.69, 9.17) is 9.47 Å². The summed E-state index contributed by atoms with van der Waals surface area (Å²) in [5.74, 6) is 1.68. The lowest BCUT2D eigenvalue weighted by Gasteiger charge is -2.42. The van der Waals surface area contributed by atoms with Gasteiger partial charge in [-0.05, 0) is 70.5 Å². The number of ether oxygens (including phenoxy) is 2. The van der Waals surface area contributed by atoms with Crippen molar-refractivity contribution >= 4 is 5.91 Å². The van der Waals surface area contributed by atoms with E-state index >= 15 is 0 Å². The molecule has 4 aromatic carbocycles. The number of nitrogens with zero attached hydrogens (tertiary/aromatic N) is 1. The van der Waals surface area contributed by atoms with Crippen molar-refractivity contribution in [2.45, 2.75) is 51.6 Å². The van der Waals surface area contributed by atoms with Gasteiger partial charge in [0.15, 0.2) is 0 Å². The number of carbonyl (C=O) groups excluding carboxylic acids is 1.